The molecular formula is C28H32N6O2S. The molecule has 37 heavy (non-hydrogen) atoms. The molecule has 1 fully saturated rings. The Morgan fingerprint density at radius 1 is 0.838 bits per heavy atom. The van der Waals surface area contributed by atoms with Gasteiger partial charge < -0.3 is 10.2 Å². The normalized spacial score (nSPS) is 22.8. The van der Waals surface area contributed by atoms with Crippen molar-refractivity contribution >= 4 is 37.5 Å². The van der Waals surface area contributed by atoms with Gasteiger partial charge >= 0.3 is 0 Å². The number of fused-ring (bicyclic) bond motifs is 3. The zero-order valence-electron chi connectivity index (χ0n) is 21.1. The van der Waals surface area contributed by atoms with Crippen molar-refractivity contribution in [3.8, 4) is 0 Å². The van der Waals surface area contributed by atoms with E-state index in [1.165, 1.54) is 5.56 Å². The molecule has 0 spiro atoms. The van der Waals surface area contributed by atoms with Crippen molar-refractivity contribution < 1.29 is 8.42 Å². The summed E-state index contributed by atoms with van der Waals surface area (Å²) in [7, 11) is -1.43. The Kier molecular flexibility index (Phi) is 6.54. The van der Waals surface area contributed by atoms with Crippen LogP contribution >= 0.6 is 0 Å². The molecule has 0 atom stereocenters. The number of para-hydroxylation sites is 1. The first-order chi connectivity index (χ1) is 18.0. The van der Waals surface area contributed by atoms with E-state index in [-0.39, 0.29) is 0 Å². The van der Waals surface area contributed by atoms with Crippen LogP contribution in [0.1, 0.15) is 17.8 Å². The summed E-state index contributed by atoms with van der Waals surface area (Å²) in [6.07, 6.45) is 0.987. The third-order valence-electron chi connectivity index (χ3n) is 7.32. The lowest BCUT2D eigenvalue weighted by atomic mass is 10.1. The smallest absolute Gasteiger partial charge is 0.243 e. The van der Waals surface area contributed by atoms with Crippen LogP contribution < -0.4 is 5.32 Å². The SMILES string of the molecule is CN1CCCNc2nc(nc3ccccc23)CN2CCN(CC2)S(=O)(=O)c2ccc3cc(ccc3c2)C1. The molecule has 8 bridgehead atoms. The summed E-state index contributed by atoms with van der Waals surface area (Å²) < 4.78 is 28.5. The van der Waals surface area contributed by atoms with Gasteiger partial charge in [0, 0.05) is 44.7 Å². The van der Waals surface area contributed by atoms with Gasteiger partial charge in [0.05, 0.1) is 17.0 Å². The molecule has 0 unspecified atom stereocenters. The van der Waals surface area contributed by atoms with E-state index >= 15 is 0 Å². The Bertz CT molecular complexity index is 1550. The van der Waals surface area contributed by atoms with Gasteiger partial charge in [-0.2, -0.15) is 4.31 Å². The van der Waals surface area contributed by atoms with E-state index in [0.29, 0.717) is 37.6 Å². The van der Waals surface area contributed by atoms with Gasteiger partial charge in [-0.3, -0.25) is 4.90 Å². The second kappa shape index (κ2) is 9.98. The molecule has 5 aliphatic heterocycles. The van der Waals surface area contributed by atoms with E-state index in [9.17, 15) is 8.42 Å². The highest BCUT2D eigenvalue weighted by atomic mass is 32.2. The minimum Gasteiger partial charge on any atom is -0.369 e. The topological polar surface area (TPSA) is 81.7 Å². The lowest BCUT2D eigenvalue weighted by molar-refractivity contribution is 0.178. The van der Waals surface area contributed by atoms with Crippen LogP contribution in [0, 0.1) is 0 Å². The highest BCUT2D eigenvalue weighted by Gasteiger charge is 2.29. The van der Waals surface area contributed by atoms with Crippen molar-refractivity contribution in [3.05, 3.63) is 72.1 Å². The second-order valence-electron chi connectivity index (χ2n) is 10.0. The van der Waals surface area contributed by atoms with Crippen molar-refractivity contribution in [2.24, 2.45) is 0 Å². The largest absolute Gasteiger partial charge is 0.369 e. The van der Waals surface area contributed by atoms with E-state index < -0.39 is 10.0 Å². The quantitative estimate of drug-likeness (QED) is 0.383. The molecule has 9 rings (SSSR count). The second-order valence-corrected chi connectivity index (χ2v) is 12.0. The number of benzene rings is 3. The molecular weight excluding hydrogens is 484 g/mol. The standard InChI is InChI=1S/C28H32N6O2S/c1-32-12-4-11-29-28-25-5-2-3-6-26(25)30-27(31-28)20-33-13-15-34(16-14-33)37(35,36)24-10-9-22-17-21(19-32)7-8-23(22)18-24/h2-3,5-10,17-18H,4,11-16,19-20H2,1H3,(H,29,30,31). The van der Waals surface area contributed by atoms with E-state index in [1.807, 2.05) is 36.4 Å². The van der Waals surface area contributed by atoms with Gasteiger partial charge in [0.2, 0.25) is 10.0 Å². The van der Waals surface area contributed by atoms with Crippen molar-refractivity contribution in [1.29, 1.82) is 0 Å². The molecule has 9 heteroatoms. The Hall–Kier alpha value is -3.11. The first-order valence-electron chi connectivity index (χ1n) is 12.9. The van der Waals surface area contributed by atoms with Crippen LogP contribution in [0.3, 0.4) is 0 Å². The molecule has 8 nitrogen and oxygen atoms in total. The number of rotatable bonds is 0. The molecule has 6 heterocycles. The number of aromatic nitrogens is 2. The molecule has 0 aliphatic carbocycles. The maximum atomic E-state index is 13.5. The van der Waals surface area contributed by atoms with Crippen LogP contribution in [0.15, 0.2) is 65.6 Å². The summed E-state index contributed by atoms with van der Waals surface area (Å²) in [6.45, 7) is 5.37. The van der Waals surface area contributed by atoms with Crippen molar-refractivity contribution in [2.45, 2.75) is 24.4 Å². The average molecular weight is 517 g/mol. The highest BCUT2D eigenvalue weighted by Crippen LogP contribution is 2.25. The van der Waals surface area contributed by atoms with Crippen LogP contribution in [0.2, 0.25) is 0 Å². The number of anilines is 1. The zero-order valence-corrected chi connectivity index (χ0v) is 21.9. The molecule has 1 N–H and O–H groups in total. The summed E-state index contributed by atoms with van der Waals surface area (Å²) in [6, 6.07) is 19.9. The molecule has 0 radical (unpaired) electrons. The average Bonchev–Trinajstić information content (AvgIpc) is 2.90. The minimum atomic E-state index is -3.56. The van der Waals surface area contributed by atoms with Crippen molar-refractivity contribution in [1.82, 2.24) is 24.1 Å². The van der Waals surface area contributed by atoms with E-state index in [1.54, 1.807) is 10.4 Å². The fourth-order valence-corrected chi connectivity index (χ4v) is 6.74. The molecule has 3 aromatic carbocycles. The number of piperazine rings is 1. The Morgan fingerprint density at radius 2 is 1.62 bits per heavy atom. The number of hydrogen-bond donors (Lipinski definition) is 1. The number of nitrogens with one attached hydrogen (secondary N) is 1. The van der Waals surface area contributed by atoms with E-state index in [4.69, 9.17) is 9.97 Å². The lowest BCUT2D eigenvalue weighted by Crippen LogP contribution is -2.48. The van der Waals surface area contributed by atoms with Gasteiger partial charge in [-0.1, -0.05) is 30.3 Å². The van der Waals surface area contributed by atoms with Gasteiger partial charge in [-0.05, 0) is 66.7 Å². The Labute approximate surface area is 218 Å². The molecule has 1 saturated heterocycles. The first-order valence-corrected chi connectivity index (χ1v) is 14.3. The first kappa shape index (κ1) is 24.2. The third-order valence-corrected chi connectivity index (χ3v) is 9.22. The van der Waals surface area contributed by atoms with Gasteiger partial charge in [0.25, 0.3) is 0 Å². The number of nitrogens with zero attached hydrogens (tertiary/aromatic N) is 5. The van der Waals surface area contributed by atoms with Crippen molar-refractivity contribution in [3.63, 3.8) is 0 Å². The monoisotopic (exact) mass is 516 g/mol. The Balaban J connectivity index is 1.33. The predicted molar refractivity (Wildman–Crippen MR) is 147 cm³/mol. The highest BCUT2D eigenvalue weighted by molar-refractivity contribution is 7.89. The molecule has 192 valence electrons. The minimum absolute atomic E-state index is 0.359. The molecule has 5 aliphatic rings. The summed E-state index contributed by atoms with van der Waals surface area (Å²) in [5.41, 5.74) is 2.14. The molecule has 0 saturated carbocycles. The molecule has 1 aromatic heterocycles. The summed E-state index contributed by atoms with van der Waals surface area (Å²) in [5, 5.41) is 6.58. The maximum absolute atomic E-state index is 13.5. The van der Waals surface area contributed by atoms with Gasteiger partial charge in [0.1, 0.15) is 11.6 Å². The molecule has 4 aromatic rings. The van der Waals surface area contributed by atoms with Crippen LogP contribution in [0.5, 0.6) is 0 Å². The van der Waals surface area contributed by atoms with Gasteiger partial charge in [-0.25, -0.2) is 18.4 Å². The van der Waals surface area contributed by atoms with Crippen LogP contribution in [0.25, 0.3) is 21.7 Å². The summed E-state index contributed by atoms with van der Waals surface area (Å²) >= 11 is 0. The summed E-state index contributed by atoms with van der Waals surface area (Å²) in [5.74, 6) is 1.62. The lowest BCUT2D eigenvalue weighted by Gasteiger charge is -2.33. The van der Waals surface area contributed by atoms with Gasteiger partial charge in [0.15, 0.2) is 0 Å². The van der Waals surface area contributed by atoms with E-state index in [2.05, 4.69) is 40.4 Å². The number of sulfonamides is 1. The van der Waals surface area contributed by atoms with Crippen LogP contribution in [-0.4, -0.2) is 78.8 Å². The third kappa shape index (κ3) is 5.04. The summed E-state index contributed by atoms with van der Waals surface area (Å²) in [4.78, 5) is 14.6. The fraction of sp³-hybridized carbons (Fsp3) is 0.357. The van der Waals surface area contributed by atoms with Crippen LogP contribution in [-0.2, 0) is 23.1 Å². The fourth-order valence-electron chi connectivity index (χ4n) is 5.29. The molecule has 0 amide bonds. The van der Waals surface area contributed by atoms with Gasteiger partial charge in [-0.15, -0.1) is 0 Å². The Morgan fingerprint density at radius 3 is 2.49 bits per heavy atom. The number of hydrogen-bond acceptors (Lipinski definition) is 7. The van der Waals surface area contributed by atoms with Crippen LogP contribution in [0.4, 0.5) is 5.82 Å². The predicted octanol–water partition coefficient (Wildman–Crippen LogP) is 3.54. The van der Waals surface area contributed by atoms with E-state index in [0.717, 1.165) is 59.4 Å². The van der Waals surface area contributed by atoms with Crippen molar-refractivity contribution in [2.75, 3.05) is 51.6 Å². The zero-order chi connectivity index (χ0) is 25.4. The maximum Gasteiger partial charge on any atom is 0.243 e.